The maximum Gasteiger partial charge on any atom is 0.0227 e. The first-order valence-electron chi connectivity index (χ1n) is 10.4. The standard InChI is InChI=1S/C23H41N/c1-4-5-6-7-8-9-10-11-12-13-14-15-17-22-18-16-19-23(20-22)21-24(2)3/h16,18-20H,4-15,17,21H2,1-3H3. The van der Waals surface area contributed by atoms with Gasteiger partial charge in [0.2, 0.25) is 0 Å². The highest BCUT2D eigenvalue weighted by Crippen LogP contribution is 2.14. The molecule has 1 aromatic rings. The molecule has 0 radical (unpaired) electrons. The Hall–Kier alpha value is -0.820. The van der Waals surface area contributed by atoms with E-state index in [9.17, 15) is 0 Å². The molecule has 0 bridgehead atoms. The van der Waals surface area contributed by atoms with E-state index >= 15 is 0 Å². The molecule has 0 aliphatic heterocycles. The maximum atomic E-state index is 2.39. The molecule has 1 rings (SSSR count). The Morgan fingerprint density at radius 2 is 1.17 bits per heavy atom. The first-order valence-corrected chi connectivity index (χ1v) is 10.4. The summed E-state index contributed by atoms with van der Waals surface area (Å²) in [5, 5.41) is 0. The van der Waals surface area contributed by atoms with Gasteiger partial charge >= 0.3 is 0 Å². The van der Waals surface area contributed by atoms with Crippen molar-refractivity contribution in [3.63, 3.8) is 0 Å². The summed E-state index contributed by atoms with van der Waals surface area (Å²) < 4.78 is 0. The largest absolute Gasteiger partial charge is 0.305 e. The van der Waals surface area contributed by atoms with Crippen molar-refractivity contribution >= 4 is 0 Å². The fraction of sp³-hybridized carbons (Fsp3) is 0.739. The lowest BCUT2D eigenvalue weighted by Crippen LogP contribution is -2.10. The van der Waals surface area contributed by atoms with E-state index in [1.54, 1.807) is 0 Å². The van der Waals surface area contributed by atoms with Crippen molar-refractivity contribution in [1.82, 2.24) is 4.90 Å². The second kappa shape index (κ2) is 14.5. The van der Waals surface area contributed by atoms with E-state index < -0.39 is 0 Å². The number of hydrogen-bond donors (Lipinski definition) is 0. The van der Waals surface area contributed by atoms with Crippen molar-refractivity contribution in [3.8, 4) is 0 Å². The zero-order chi connectivity index (χ0) is 17.5. The van der Waals surface area contributed by atoms with E-state index in [0.717, 1.165) is 6.54 Å². The minimum Gasteiger partial charge on any atom is -0.305 e. The molecule has 0 heterocycles. The first kappa shape index (κ1) is 21.2. The van der Waals surface area contributed by atoms with Crippen molar-refractivity contribution in [2.75, 3.05) is 14.1 Å². The van der Waals surface area contributed by atoms with Crippen LogP contribution in [0.4, 0.5) is 0 Å². The number of aryl methyl sites for hydroxylation is 1. The highest BCUT2D eigenvalue weighted by atomic mass is 15.0. The van der Waals surface area contributed by atoms with Crippen LogP contribution < -0.4 is 0 Å². The molecular weight excluding hydrogens is 290 g/mol. The van der Waals surface area contributed by atoms with Gasteiger partial charge in [-0.25, -0.2) is 0 Å². The highest BCUT2D eigenvalue weighted by Gasteiger charge is 1.99. The van der Waals surface area contributed by atoms with Gasteiger partial charge in [0.05, 0.1) is 0 Å². The van der Waals surface area contributed by atoms with E-state index in [4.69, 9.17) is 0 Å². The van der Waals surface area contributed by atoms with Crippen LogP contribution in [-0.4, -0.2) is 19.0 Å². The quantitative estimate of drug-likeness (QED) is 0.313. The van der Waals surface area contributed by atoms with Crippen molar-refractivity contribution in [3.05, 3.63) is 35.4 Å². The molecule has 0 saturated heterocycles. The summed E-state index contributed by atoms with van der Waals surface area (Å²) in [7, 11) is 4.27. The van der Waals surface area contributed by atoms with Gasteiger partial charge < -0.3 is 4.90 Å². The zero-order valence-corrected chi connectivity index (χ0v) is 16.7. The fourth-order valence-corrected chi connectivity index (χ4v) is 3.42. The molecule has 0 fully saturated rings. The van der Waals surface area contributed by atoms with Crippen molar-refractivity contribution in [1.29, 1.82) is 0 Å². The summed E-state index contributed by atoms with van der Waals surface area (Å²) in [6.07, 6.45) is 18.4. The minimum absolute atomic E-state index is 1.05. The van der Waals surface area contributed by atoms with Gasteiger partial charge in [-0.15, -0.1) is 0 Å². The van der Waals surface area contributed by atoms with E-state index in [2.05, 4.69) is 50.2 Å². The van der Waals surface area contributed by atoms with Gasteiger partial charge in [0.15, 0.2) is 0 Å². The van der Waals surface area contributed by atoms with Crippen molar-refractivity contribution in [2.45, 2.75) is 96.9 Å². The summed E-state index contributed by atoms with van der Waals surface area (Å²) in [5.41, 5.74) is 2.96. The maximum absolute atomic E-state index is 2.39. The third-order valence-corrected chi connectivity index (χ3v) is 4.81. The average molecular weight is 332 g/mol. The molecule has 138 valence electrons. The summed E-state index contributed by atoms with van der Waals surface area (Å²) in [6.45, 7) is 3.34. The minimum atomic E-state index is 1.05. The van der Waals surface area contributed by atoms with Gasteiger partial charge in [0.1, 0.15) is 0 Å². The van der Waals surface area contributed by atoms with Crippen LogP contribution in [0.5, 0.6) is 0 Å². The molecule has 0 aromatic heterocycles. The van der Waals surface area contributed by atoms with Crippen LogP contribution in [0.15, 0.2) is 24.3 Å². The van der Waals surface area contributed by atoms with Crippen LogP contribution in [0.25, 0.3) is 0 Å². The Bertz CT molecular complexity index is 397. The van der Waals surface area contributed by atoms with Crippen LogP contribution >= 0.6 is 0 Å². The molecule has 1 nitrogen and oxygen atoms in total. The SMILES string of the molecule is CCCCCCCCCCCCCCc1cccc(CN(C)C)c1. The molecule has 24 heavy (non-hydrogen) atoms. The predicted molar refractivity (Wildman–Crippen MR) is 109 cm³/mol. The molecule has 0 aliphatic carbocycles. The van der Waals surface area contributed by atoms with Gasteiger partial charge in [0.25, 0.3) is 0 Å². The summed E-state index contributed by atoms with van der Waals surface area (Å²) in [6, 6.07) is 9.14. The van der Waals surface area contributed by atoms with E-state index in [-0.39, 0.29) is 0 Å². The van der Waals surface area contributed by atoms with Gasteiger partial charge in [-0.2, -0.15) is 0 Å². The Kier molecular flexibility index (Phi) is 12.8. The predicted octanol–water partition coefficient (Wildman–Crippen LogP) is 6.99. The van der Waals surface area contributed by atoms with Crippen LogP contribution in [0, 0.1) is 0 Å². The smallest absolute Gasteiger partial charge is 0.0227 e. The Morgan fingerprint density at radius 3 is 1.71 bits per heavy atom. The normalized spacial score (nSPS) is 11.3. The lowest BCUT2D eigenvalue weighted by atomic mass is 10.0. The van der Waals surface area contributed by atoms with Gasteiger partial charge in [-0.1, -0.05) is 102 Å². The summed E-state index contributed by atoms with van der Waals surface area (Å²) in [4.78, 5) is 2.24. The molecule has 0 saturated carbocycles. The van der Waals surface area contributed by atoms with Crippen molar-refractivity contribution in [2.24, 2.45) is 0 Å². The molecule has 0 aliphatic rings. The molecule has 0 unspecified atom stereocenters. The molecule has 0 N–H and O–H groups in total. The second-order valence-electron chi connectivity index (χ2n) is 7.70. The summed E-state index contributed by atoms with van der Waals surface area (Å²) in [5.74, 6) is 0. The van der Waals surface area contributed by atoms with E-state index in [0.29, 0.717) is 0 Å². The Labute approximate surface area is 151 Å². The number of hydrogen-bond acceptors (Lipinski definition) is 1. The summed E-state index contributed by atoms with van der Waals surface area (Å²) >= 11 is 0. The van der Waals surface area contributed by atoms with Crippen LogP contribution in [0.3, 0.4) is 0 Å². The fourth-order valence-electron chi connectivity index (χ4n) is 3.42. The molecular formula is C23H41N. The van der Waals surface area contributed by atoms with Gasteiger partial charge in [-0.3, -0.25) is 0 Å². The second-order valence-corrected chi connectivity index (χ2v) is 7.70. The van der Waals surface area contributed by atoms with E-state index in [1.807, 2.05) is 0 Å². The number of unbranched alkanes of at least 4 members (excludes halogenated alkanes) is 11. The lowest BCUT2D eigenvalue weighted by Gasteiger charge is -2.11. The number of nitrogens with zero attached hydrogens (tertiary/aromatic N) is 1. The van der Waals surface area contributed by atoms with Gasteiger partial charge in [-0.05, 0) is 38.1 Å². The molecule has 1 heteroatoms. The third kappa shape index (κ3) is 11.7. The van der Waals surface area contributed by atoms with E-state index in [1.165, 1.54) is 94.6 Å². The highest BCUT2D eigenvalue weighted by molar-refractivity contribution is 5.23. The molecule has 0 amide bonds. The topological polar surface area (TPSA) is 3.24 Å². The zero-order valence-electron chi connectivity index (χ0n) is 16.7. The van der Waals surface area contributed by atoms with Gasteiger partial charge in [0, 0.05) is 6.54 Å². The van der Waals surface area contributed by atoms with Crippen molar-refractivity contribution < 1.29 is 0 Å². The third-order valence-electron chi connectivity index (χ3n) is 4.81. The van der Waals surface area contributed by atoms with Crippen LogP contribution in [0.2, 0.25) is 0 Å². The lowest BCUT2D eigenvalue weighted by molar-refractivity contribution is 0.402. The average Bonchev–Trinajstić information content (AvgIpc) is 2.55. The van der Waals surface area contributed by atoms with Crippen LogP contribution in [0.1, 0.15) is 95.1 Å². The number of benzene rings is 1. The monoisotopic (exact) mass is 331 g/mol. The first-order chi connectivity index (χ1) is 11.7. The molecule has 1 aromatic carbocycles. The molecule has 0 atom stereocenters. The number of rotatable bonds is 15. The molecule has 0 spiro atoms. The van der Waals surface area contributed by atoms with Crippen LogP contribution in [-0.2, 0) is 13.0 Å². The Balaban J connectivity index is 1.95. The Morgan fingerprint density at radius 1 is 0.667 bits per heavy atom.